The highest BCUT2D eigenvalue weighted by atomic mass is 16.3. The molecule has 3 aromatic heterocycles. The summed E-state index contributed by atoms with van der Waals surface area (Å²) in [5.41, 5.74) is 2.45. The molecule has 3 heterocycles. The van der Waals surface area contributed by atoms with Crippen molar-refractivity contribution in [2.75, 3.05) is 5.32 Å². The number of pyridine rings is 1. The first-order valence-electron chi connectivity index (χ1n) is 10.8. The van der Waals surface area contributed by atoms with Gasteiger partial charge >= 0.3 is 0 Å². The molecule has 0 saturated heterocycles. The lowest BCUT2D eigenvalue weighted by molar-refractivity contribution is 0.0923. The average Bonchev–Trinajstić information content (AvgIpc) is 3.49. The topological polar surface area (TPSA) is 118 Å². The smallest absolute Gasteiger partial charge is 0.288 e. The summed E-state index contributed by atoms with van der Waals surface area (Å²) in [6.45, 7) is 0.360. The van der Waals surface area contributed by atoms with E-state index >= 15 is 0 Å². The number of carbonyl (C=O) groups is 1. The summed E-state index contributed by atoms with van der Waals surface area (Å²) in [5, 5.41) is 11.4. The van der Waals surface area contributed by atoms with Gasteiger partial charge in [-0.15, -0.1) is 0 Å². The van der Waals surface area contributed by atoms with E-state index in [4.69, 9.17) is 9.52 Å². The Kier molecular flexibility index (Phi) is 5.45. The molecule has 9 heteroatoms. The standard InChI is InChI=1S/C23H24N6O3/c30-22(19-13-24-14-32-19)26-12-15-6-8-16(9-7-15)27-21-20-18(10-11-25-23(20)31)29(28-21)17-4-2-1-3-5-17/h6-11,13-14,17H,1-5,12H2,(H,25,31)(H,26,30)(H,27,28). The molecule has 5 rings (SSSR count). The number of hydrogen-bond donors (Lipinski definition) is 3. The van der Waals surface area contributed by atoms with Crippen LogP contribution in [-0.4, -0.2) is 25.7 Å². The van der Waals surface area contributed by atoms with Crippen molar-refractivity contribution in [2.24, 2.45) is 0 Å². The molecule has 1 aromatic carbocycles. The summed E-state index contributed by atoms with van der Waals surface area (Å²) in [7, 11) is 0. The Labute approximate surface area is 183 Å². The summed E-state index contributed by atoms with van der Waals surface area (Å²) in [5.74, 6) is 0.413. The predicted octanol–water partition coefficient (Wildman–Crippen LogP) is 3.89. The van der Waals surface area contributed by atoms with E-state index in [2.05, 4.69) is 20.6 Å². The largest absolute Gasteiger partial charge is 0.438 e. The maximum absolute atomic E-state index is 12.6. The van der Waals surface area contributed by atoms with Crippen LogP contribution in [0.2, 0.25) is 0 Å². The van der Waals surface area contributed by atoms with Crippen LogP contribution in [0, 0.1) is 0 Å². The van der Waals surface area contributed by atoms with E-state index in [1.54, 1.807) is 6.20 Å². The first-order chi connectivity index (χ1) is 15.7. The minimum atomic E-state index is -0.316. The Morgan fingerprint density at radius 3 is 2.72 bits per heavy atom. The molecule has 1 aliphatic rings. The molecule has 32 heavy (non-hydrogen) atoms. The number of nitrogens with one attached hydrogen (secondary N) is 3. The summed E-state index contributed by atoms with van der Waals surface area (Å²) >= 11 is 0. The monoisotopic (exact) mass is 432 g/mol. The molecule has 0 spiro atoms. The molecule has 1 amide bonds. The van der Waals surface area contributed by atoms with Crippen molar-refractivity contribution in [3.63, 3.8) is 0 Å². The van der Waals surface area contributed by atoms with Crippen molar-refractivity contribution < 1.29 is 9.21 Å². The molecule has 4 aromatic rings. The van der Waals surface area contributed by atoms with Gasteiger partial charge in [0, 0.05) is 18.4 Å². The number of nitrogens with zero attached hydrogens (tertiary/aromatic N) is 3. The van der Waals surface area contributed by atoms with E-state index in [1.165, 1.54) is 31.9 Å². The summed E-state index contributed by atoms with van der Waals surface area (Å²) in [6.07, 6.45) is 10.1. The number of carbonyl (C=O) groups excluding carboxylic acids is 1. The highest BCUT2D eigenvalue weighted by Crippen LogP contribution is 2.32. The number of rotatable bonds is 6. The second-order valence-corrected chi connectivity index (χ2v) is 8.02. The molecular formula is C23H24N6O3. The fourth-order valence-corrected chi connectivity index (χ4v) is 4.23. The molecule has 1 saturated carbocycles. The molecule has 0 aliphatic heterocycles. The Balaban J connectivity index is 1.34. The molecule has 3 N–H and O–H groups in total. The second kappa shape index (κ2) is 8.70. The van der Waals surface area contributed by atoms with Crippen LogP contribution in [0.15, 0.2) is 58.3 Å². The van der Waals surface area contributed by atoms with Gasteiger partial charge in [-0.1, -0.05) is 31.4 Å². The maximum Gasteiger partial charge on any atom is 0.288 e. The van der Waals surface area contributed by atoms with Crippen LogP contribution in [0.1, 0.15) is 54.3 Å². The van der Waals surface area contributed by atoms with Crippen LogP contribution >= 0.6 is 0 Å². The zero-order chi connectivity index (χ0) is 21.9. The zero-order valence-corrected chi connectivity index (χ0v) is 17.5. The number of fused-ring (bicyclic) bond motifs is 1. The molecule has 0 radical (unpaired) electrons. The lowest BCUT2D eigenvalue weighted by Crippen LogP contribution is -2.22. The van der Waals surface area contributed by atoms with Gasteiger partial charge in [-0.05, 0) is 36.6 Å². The van der Waals surface area contributed by atoms with Gasteiger partial charge in [-0.2, -0.15) is 5.10 Å². The zero-order valence-electron chi connectivity index (χ0n) is 17.5. The molecule has 0 unspecified atom stereocenters. The summed E-state index contributed by atoms with van der Waals surface area (Å²) < 4.78 is 7.00. The molecule has 9 nitrogen and oxygen atoms in total. The molecule has 0 bridgehead atoms. The average molecular weight is 432 g/mol. The van der Waals surface area contributed by atoms with Crippen molar-refractivity contribution >= 4 is 28.3 Å². The van der Waals surface area contributed by atoms with Crippen molar-refractivity contribution in [3.8, 4) is 0 Å². The highest BCUT2D eigenvalue weighted by Gasteiger charge is 2.22. The maximum atomic E-state index is 12.6. The number of benzene rings is 1. The lowest BCUT2D eigenvalue weighted by atomic mass is 9.95. The fourth-order valence-electron chi connectivity index (χ4n) is 4.23. The number of aromatic amines is 1. The van der Waals surface area contributed by atoms with Gasteiger partial charge in [-0.25, -0.2) is 4.98 Å². The quantitative estimate of drug-likeness (QED) is 0.425. The normalized spacial score (nSPS) is 14.5. The van der Waals surface area contributed by atoms with Crippen LogP contribution in [0.25, 0.3) is 10.9 Å². The number of hydrogen-bond acceptors (Lipinski definition) is 6. The third-order valence-corrected chi connectivity index (χ3v) is 5.88. The van der Waals surface area contributed by atoms with Crippen molar-refractivity contribution in [1.82, 2.24) is 25.1 Å². The Morgan fingerprint density at radius 1 is 1.16 bits per heavy atom. The molecule has 0 atom stereocenters. The van der Waals surface area contributed by atoms with Gasteiger partial charge in [0.2, 0.25) is 5.76 Å². The molecular weight excluding hydrogens is 408 g/mol. The first kappa shape index (κ1) is 20.0. The highest BCUT2D eigenvalue weighted by molar-refractivity contribution is 5.91. The van der Waals surface area contributed by atoms with Gasteiger partial charge in [-0.3, -0.25) is 14.3 Å². The predicted molar refractivity (Wildman–Crippen MR) is 120 cm³/mol. The van der Waals surface area contributed by atoms with Crippen molar-refractivity contribution in [2.45, 2.75) is 44.7 Å². The minimum Gasteiger partial charge on any atom is -0.438 e. The Bertz CT molecular complexity index is 1270. The van der Waals surface area contributed by atoms with Gasteiger partial charge < -0.3 is 20.0 Å². The number of oxazole rings is 1. The third-order valence-electron chi connectivity index (χ3n) is 5.88. The third kappa shape index (κ3) is 4.01. The first-order valence-corrected chi connectivity index (χ1v) is 10.8. The summed E-state index contributed by atoms with van der Waals surface area (Å²) in [6, 6.07) is 9.86. The Hall–Kier alpha value is -3.88. The van der Waals surface area contributed by atoms with E-state index in [0.29, 0.717) is 23.8 Å². The van der Waals surface area contributed by atoms with Crippen molar-refractivity contribution in [3.05, 3.63) is 70.8 Å². The van der Waals surface area contributed by atoms with E-state index in [0.717, 1.165) is 29.6 Å². The van der Waals surface area contributed by atoms with E-state index in [1.807, 2.05) is 35.0 Å². The lowest BCUT2D eigenvalue weighted by Gasteiger charge is -2.22. The van der Waals surface area contributed by atoms with Crippen LogP contribution < -0.4 is 16.2 Å². The van der Waals surface area contributed by atoms with Crippen LogP contribution in [0.3, 0.4) is 0 Å². The van der Waals surface area contributed by atoms with Gasteiger partial charge in [0.1, 0.15) is 5.39 Å². The molecule has 1 fully saturated rings. The SMILES string of the molecule is O=C(NCc1ccc(Nc2nn(C3CCCCC3)c3cc[nH]c(=O)c23)cc1)c1cnco1. The number of amides is 1. The van der Waals surface area contributed by atoms with E-state index in [9.17, 15) is 9.59 Å². The van der Waals surface area contributed by atoms with E-state index in [-0.39, 0.29) is 17.2 Å². The van der Waals surface area contributed by atoms with Gasteiger partial charge in [0.15, 0.2) is 12.2 Å². The summed E-state index contributed by atoms with van der Waals surface area (Å²) in [4.78, 5) is 31.1. The second-order valence-electron chi connectivity index (χ2n) is 8.02. The molecule has 1 aliphatic carbocycles. The van der Waals surface area contributed by atoms with Crippen LogP contribution in [-0.2, 0) is 6.54 Å². The van der Waals surface area contributed by atoms with E-state index < -0.39 is 0 Å². The van der Waals surface area contributed by atoms with Gasteiger partial charge in [0.05, 0.1) is 17.8 Å². The van der Waals surface area contributed by atoms with Crippen LogP contribution in [0.5, 0.6) is 0 Å². The van der Waals surface area contributed by atoms with Crippen molar-refractivity contribution in [1.29, 1.82) is 0 Å². The number of H-pyrrole nitrogens is 1. The fraction of sp³-hybridized carbons (Fsp3) is 0.304. The van der Waals surface area contributed by atoms with Gasteiger partial charge in [0.25, 0.3) is 11.5 Å². The Morgan fingerprint density at radius 2 is 1.97 bits per heavy atom. The van der Waals surface area contributed by atoms with Crippen LogP contribution in [0.4, 0.5) is 11.5 Å². The number of anilines is 2. The minimum absolute atomic E-state index is 0.154. The molecule has 164 valence electrons. The number of aromatic nitrogens is 4.